The zero-order chi connectivity index (χ0) is 28.6. The van der Waals surface area contributed by atoms with Gasteiger partial charge in [0.2, 0.25) is 11.9 Å². The first kappa shape index (κ1) is 26.8. The van der Waals surface area contributed by atoms with Gasteiger partial charge in [0, 0.05) is 31.7 Å². The summed E-state index contributed by atoms with van der Waals surface area (Å²) in [6.07, 6.45) is -2.00. The fourth-order valence-electron chi connectivity index (χ4n) is 5.66. The lowest BCUT2D eigenvalue weighted by molar-refractivity contribution is -0.141. The Balaban J connectivity index is 1.28. The van der Waals surface area contributed by atoms with Crippen LogP contribution in [0.1, 0.15) is 40.3 Å². The summed E-state index contributed by atoms with van der Waals surface area (Å²) in [5.41, 5.74) is 5.21. The number of ether oxygens (including phenoxy) is 1. The lowest BCUT2D eigenvalue weighted by Crippen LogP contribution is -2.34. The third kappa shape index (κ3) is 5.62. The van der Waals surface area contributed by atoms with Gasteiger partial charge >= 0.3 is 6.18 Å². The number of hydrogen-bond donors (Lipinski definition) is 1. The monoisotopic (exact) mass is 558 g/mol. The molecule has 1 aromatic heterocycles. The van der Waals surface area contributed by atoms with Crippen LogP contribution >= 0.6 is 0 Å². The number of nitrogens with one attached hydrogen (secondary N) is 1. The summed E-state index contributed by atoms with van der Waals surface area (Å²) in [7, 11) is 1.62. The standard InChI is InChI=1S/C32H29F3N4O2/c1-41-23-9-5-8-21(16-23)24-11-10-22(18-37-30(40)27-17-26(27)20-6-3-2-4-7-20)28-19-39(15-13-25(24)28)31-36-14-12-29(38-31)32(33,34)35/h2-12,14,16,26-27H,13,15,17-19H2,1H3,(H,37,40)/t26-,27?/m1/s1. The quantitative estimate of drug-likeness (QED) is 0.295. The van der Waals surface area contributed by atoms with Crippen LogP contribution in [0.25, 0.3) is 11.1 Å². The van der Waals surface area contributed by atoms with Gasteiger partial charge in [0.25, 0.3) is 0 Å². The number of fused-ring (bicyclic) bond motifs is 1. The van der Waals surface area contributed by atoms with Crippen LogP contribution in [0.4, 0.5) is 19.1 Å². The van der Waals surface area contributed by atoms with Crippen LogP contribution in [0.5, 0.6) is 5.75 Å². The molecule has 0 saturated heterocycles. The van der Waals surface area contributed by atoms with Crippen LogP contribution in [0.15, 0.2) is 79.0 Å². The molecule has 41 heavy (non-hydrogen) atoms. The Morgan fingerprint density at radius 3 is 2.66 bits per heavy atom. The number of aromatic nitrogens is 2. The number of benzene rings is 3. The molecule has 2 atom stereocenters. The number of carbonyl (C=O) groups is 1. The summed E-state index contributed by atoms with van der Waals surface area (Å²) in [4.78, 5) is 22.8. The molecule has 0 radical (unpaired) electrons. The number of anilines is 1. The highest BCUT2D eigenvalue weighted by atomic mass is 19.4. The maximum absolute atomic E-state index is 13.4. The predicted molar refractivity (Wildman–Crippen MR) is 149 cm³/mol. The first-order valence-electron chi connectivity index (χ1n) is 13.6. The highest BCUT2D eigenvalue weighted by molar-refractivity contribution is 5.83. The molecule has 1 amide bonds. The van der Waals surface area contributed by atoms with E-state index >= 15 is 0 Å². The highest BCUT2D eigenvalue weighted by Gasteiger charge is 2.43. The summed E-state index contributed by atoms with van der Waals surface area (Å²) < 4.78 is 45.5. The van der Waals surface area contributed by atoms with Crippen molar-refractivity contribution in [1.29, 1.82) is 0 Å². The third-order valence-electron chi connectivity index (χ3n) is 7.91. The second kappa shape index (κ2) is 10.9. The number of carbonyl (C=O) groups excluding carboxylic acids is 1. The van der Waals surface area contributed by atoms with Crippen LogP contribution in [-0.2, 0) is 30.5 Å². The summed E-state index contributed by atoms with van der Waals surface area (Å²) in [6, 6.07) is 22.8. The summed E-state index contributed by atoms with van der Waals surface area (Å²) in [6.45, 7) is 1.12. The van der Waals surface area contributed by atoms with Crippen molar-refractivity contribution in [3.63, 3.8) is 0 Å². The van der Waals surface area contributed by atoms with Gasteiger partial charge in [-0.1, -0.05) is 54.6 Å². The number of methoxy groups -OCH3 is 1. The molecule has 1 unspecified atom stereocenters. The molecule has 1 aliphatic carbocycles. The number of halogens is 3. The van der Waals surface area contributed by atoms with Gasteiger partial charge in [0.1, 0.15) is 11.4 Å². The largest absolute Gasteiger partial charge is 0.497 e. The minimum absolute atomic E-state index is 0.0124. The van der Waals surface area contributed by atoms with Crippen molar-refractivity contribution in [3.8, 4) is 16.9 Å². The molecule has 1 aliphatic heterocycles. The van der Waals surface area contributed by atoms with E-state index in [1.165, 1.54) is 5.56 Å². The molecule has 9 heteroatoms. The number of hydrogen-bond acceptors (Lipinski definition) is 5. The predicted octanol–water partition coefficient (Wildman–Crippen LogP) is 6.15. The molecule has 4 aromatic rings. The van der Waals surface area contributed by atoms with Gasteiger partial charge < -0.3 is 15.0 Å². The van der Waals surface area contributed by atoms with E-state index < -0.39 is 11.9 Å². The van der Waals surface area contributed by atoms with Gasteiger partial charge in [-0.15, -0.1) is 0 Å². The lowest BCUT2D eigenvalue weighted by Gasteiger charge is -2.32. The average Bonchev–Trinajstić information content (AvgIpc) is 3.81. The fraction of sp³-hybridized carbons (Fsp3) is 0.281. The second-order valence-corrected chi connectivity index (χ2v) is 10.4. The summed E-state index contributed by atoms with van der Waals surface area (Å²) >= 11 is 0. The van der Waals surface area contributed by atoms with Crippen LogP contribution in [0.3, 0.4) is 0 Å². The highest BCUT2D eigenvalue weighted by Crippen LogP contribution is 2.47. The first-order chi connectivity index (χ1) is 19.8. The van der Waals surface area contributed by atoms with Crippen LogP contribution in [0.2, 0.25) is 0 Å². The lowest BCUT2D eigenvalue weighted by atomic mass is 9.87. The van der Waals surface area contributed by atoms with E-state index in [-0.39, 0.29) is 23.7 Å². The van der Waals surface area contributed by atoms with Crippen molar-refractivity contribution in [1.82, 2.24) is 15.3 Å². The van der Waals surface area contributed by atoms with E-state index in [1.54, 1.807) is 12.0 Å². The maximum Gasteiger partial charge on any atom is 0.433 e. The zero-order valence-corrected chi connectivity index (χ0v) is 22.5. The molecule has 1 saturated carbocycles. The smallest absolute Gasteiger partial charge is 0.433 e. The number of rotatable bonds is 7. The SMILES string of the molecule is COc1cccc(-c2ccc(CNC(=O)C3C[C@@H]3c3ccccc3)c3c2CCN(c2nccc(C(F)(F)F)n2)C3)c1. The topological polar surface area (TPSA) is 67.3 Å². The molecule has 3 aromatic carbocycles. The Bertz CT molecular complexity index is 1580. The van der Waals surface area contributed by atoms with Crippen molar-refractivity contribution >= 4 is 11.9 Å². The van der Waals surface area contributed by atoms with Crippen LogP contribution in [0, 0.1) is 5.92 Å². The fourth-order valence-corrected chi connectivity index (χ4v) is 5.66. The van der Waals surface area contributed by atoms with Crippen molar-refractivity contribution in [2.75, 3.05) is 18.6 Å². The van der Waals surface area contributed by atoms with E-state index in [0.717, 1.165) is 52.3 Å². The minimum atomic E-state index is -4.55. The summed E-state index contributed by atoms with van der Waals surface area (Å²) in [5.74, 6) is 0.961. The zero-order valence-electron chi connectivity index (χ0n) is 22.5. The second-order valence-electron chi connectivity index (χ2n) is 10.4. The van der Waals surface area contributed by atoms with Gasteiger partial charge in [-0.25, -0.2) is 9.97 Å². The normalized spacial score (nSPS) is 18.0. The molecule has 1 N–H and O–H groups in total. The van der Waals surface area contributed by atoms with Gasteiger partial charge in [-0.05, 0) is 70.3 Å². The molecule has 6 nitrogen and oxygen atoms in total. The van der Waals surface area contributed by atoms with Crippen molar-refractivity contribution < 1.29 is 22.7 Å². The maximum atomic E-state index is 13.4. The Morgan fingerprint density at radius 1 is 1.05 bits per heavy atom. The molecule has 0 spiro atoms. The average molecular weight is 559 g/mol. The first-order valence-corrected chi connectivity index (χ1v) is 13.6. The molecule has 0 bridgehead atoms. The van der Waals surface area contributed by atoms with E-state index in [2.05, 4.69) is 33.5 Å². The molecule has 1 fully saturated rings. The van der Waals surface area contributed by atoms with Crippen LogP contribution < -0.4 is 15.0 Å². The Kier molecular flexibility index (Phi) is 7.11. The Morgan fingerprint density at radius 2 is 1.88 bits per heavy atom. The number of amides is 1. The molecule has 210 valence electrons. The van der Waals surface area contributed by atoms with E-state index in [0.29, 0.717) is 26.1 Å². The van der Waals surface area contributed by atoms with E-state index in [4.69, 9.17) is 4.74 Å². The van der Waals surface area contributed by atoms with Crippen molar-refractivity contribution in [2.24, 2.45) is 5.92 Å². The molecular formula is C32H29F3N4O2. The van der Waals surface area contributed by atoms with Crippen LogP contribution in [-0.4, -0.2) is 29.5 Å². The Labute approximate surface area is 236 Å². The number of alkyl halides is 3. The molecular weight excluding hydrogens is 529 g/mol. The molecule has 2 aliphatic rings. The van der Waals surface area contributed by atoms with E-state index in [9.17, 15) is 18.0 Å². The molecule has 2 heterocycles. The van der Waals surface area contributed by atoms with Gasteiger partial charge in [-0.2, -0.15) is 13.2 Å². The minimum Gasteiger partial charge on any atom is -0.497 e. The molecule has 6 rings (SSSR count). The van der Waals surface area contributed by atoms with E-state index in [1.807, 2.05) is 48.5 Å². The van der Waals surface area contributed by atoms with Gasteiger partial charge in [0.05, 0.1) is 7.11 Å². The third-order valence-corrected chi connectivity index (χ3v) is 7.91. The van der Waals surface area contributed by atoms with Crippen molar-refractivity contribution in [3.05, 3.63) is 107 Å². The van der Waals surface area contributed by atoms with Crippen molar-refractivity contribution in [2.45, 2.75) is 38.0 Å². The number of nitrogens with zero attached hydrogens (tertiary/aromatic N) is 3. The Hall–Kier alpha value is -4.40. The van der Waals surface area contributed by atoms with Gasteiger partial charge in [-0.3, -0.25) is 4.79 Å². The van der Waals surface area contributed by atoms with Gasteiger partial charge in [0.15, 0.2) is 0 Å². The summed E-state index contributed by atoms with van der Waals surface area (Å²) in [5, 5.41) is 3.11.